The molecule has 1 amide bonds. The number of benzene rings is 2. The smallest absolute Gasteiger partial charge is 0.228 e. The summed E-state index contributed by atoms with van der Waals surface area (Å²) in [6, 6.07) is 22.3. The highest BCUT2D eigenvalue weighted by Crippen LogP contribution is 2.35. The van der Waals surface area contributed by atoms with Crippen molar-refractivity contribution in [1.82, 2.24) is 25.1 Å². The number of hydrogen-bond donors (Lipinski definition) is 3. The molecule has 0 atom stereocenters. The molecule has 0 unspecified atom stereocenters. The van der Waals surface area contributed by atoms with Crippen molar-refractivity contribution in [2.75, 3.05) is 23.3 Å². The second kappa shape index (κ2) is 10.3. The second-order valence-corrected chi connectivity index (χ2v) is 10.3. The molecule has 1 saturated heterocycles. The molecule has 8 nitrogen and oxygen atoms in total. The lowest BCUT2D eigenvalue weighted by atomic mass is 10.1. The fourth-order valence-electron chi connectivity index (χ4n) is 5.59. The molecular weight excluding hydrogens is 498 g/mol. The van der Waals surface area contributed by atoms with Crippen molar-refractivity contribution in [3.63, 3.8) is 0 Å². The normalized spacial score (nSPS) is 13.7. The van der Waals surface area contributed by atoms with Gasteiger partial charge in [0.1, 0.15) is 5.69 Å². The zero-order valence-corrected chi connectivity index (χ0v) is 22.0. The molecule has 0 spiro atoms. The monoisotopic (exact) mass is 527 g/mol. The minimum Gasteiger partial charge on any atom is -0.371 e. The highest BCUT2D eigenvalue weighted by molar-refractivity contribution is 6.00. The number of pyridine rings is 2. The molecule has 1 aliphatic heterocycles. The van der Waals surface area contributed by atoms with Crippen LogP contribution < -0.4 is 10.2 Å². The van der Waals surface area contributed by atoms with Crippen molar-refractivity contribution >= 4 is 39.1 Å². The largest absolute Gasteiger partial charge is 0.371 e. The fraction of sp³-hybridized carbons (Fsp3) is 0.188. The van der Waals surface area contributed by atoms with Crippen LogP contribution in [0, 0.1) is 0 Å². The molecule has 1 fully saturated rings. The number of amides is 1. The Bertz CT molecular complexity index is 1820. The van der Waals surface area contributed by atoms with Gasteiger partial charge in [-0.1, -0.05) is 36.4 Å². The van der Waals surface area contributed by atoms with Gasteiger partial charge in [-0.2, -0.15) is 5.10 Å². The van der Waals surface area contributed by atoms with Gasteiger partial charge in [0, 0.05) is 46.8 Å². The van der Waals surface area contributed by atoms with Crippen LogP contribution in [-0.4, -0.2) is 44.1 Å². The Morgan fingerprint density at radius 1 is 0.875 bits per heavy atom. The van der Waals surface area contributed by atoms with Gasteiger partial charge in [0.2, 0.25) is 5.91 Å². The second-order valence-electron chi connectivity index (χ2n) is 10.3. The summed E-state index contributed by atoms with van der Waals surface area (Å²) in [5, 5.41) is 12.9. The summed E-state index contributed by atoms with van der Waals surface area (Å²) in [6.07, 6.45) is 9.29. The summed E-state index contributed by atoms with van der Waals surface area (Å²) in [4.78, 5) is 27.7. The number of fused-ring (bicyclic) bond motifs is 2. The third kappa shape index (κ3) is 4.68. The van der Waals surface area contributed by atoms with E-state index < -0.39 is 0 Å². The number of carbonyl (C=O) groups is 1. The average Bonchev–Trinajstić information content (AvgIpc) is 3.62. The first-order valence-electron chi connectivity index (χ1n) is 13.7. The van der Waals surface area contributed by atoms with Crippen LogP contribution in [0.1, 0.15) is 24.8 Å². The van der Waals surface area contributed by atoms with Crippen LogP contribution in [0.2, 0.25) is 0 Å². The van der Waals surface area contributed by atoms with Gasteiger partial charge >= 0.3 is 0 Å². The number of H-pyrrole nitrogens is 2. The maximum Gasteiger partial charge on any atom is 0.228 e. The van der Waals surface area contributed by atoms with Gasteiger partial charge in [-0.15, -0.1) is 0 Å². The standard InChI is InChI=1S/C32H29N7O/c40-31(14-21-8-3-1-4-9-21)35-23-15-22(18-33-19-23)27-17-25-29(20-34-27)37-38-32(25)28-16-24-26(36-28)10-7-11-30(24)39-12-5-2-6-13-39/h1,3-4,7-11,15-20,36H,2,5-6,12-14H2,(H,35,40)(H,37,38). The molecule has 0 bridgehead atoms. The van der Waals surface area contributed by atoms with Gasteiger partial charge in [0.25, 0.3) is 0 Å². The number of nitrogens with one attached hydrogen (secondary N) is 3. The lowest BCUT2D eigenvalue weighted by Crippen LogP contribution is -2.29. The van der Waals surface area contributed by atoms with Crippen molar-refractivity contribution in [2.45, 2.75) is 25.7 Å². The summed E-state index contributed by atoms with van der Waals surface area (Å²) in [5.41, 5.74) is 8.21. The summed E-state index contributed by atoms with van der Waals surface area (Å²) in [5.74, 6) is -0.0894. The van der Waals surface area contributed by atoms with Gasteiger partial charge < -0.3 is 15.2 Å². The van der Waals surface area contributed by atoms with Crippen LogP contribution >= 0.6 is 0 Å². The molecule has 4 aromatic heterocycles. The van der Waals surface area contributed by atoms with E-state index in [1.54, 1.807) is 18.6 Å². The number of anilines is 2. The van der Waals surface area contributed by atoms with E-state index in [1.165, 1.54) is 30.3 Å². The van der Waals surface area contributed by atoms with E-state index in [0.717, 1.165) is 57.7 Å². The minimum atomic E-state index is -0.0894. The van der Waals surface area contributed by atoms with Crippen molar-refractivity contribution in [1.29, 1.82) is 0 Å². The van der Waals surface area contributed by atoms with E-state index in [0.29, 0.717) is 12.1 Å². The van der Waals surface area contributed by atoms with Crippen LogP contribution in [-0.2, 0) is 11.2 Å². The molecule has 3 N–H and O–H groups in total. The molecular formula is C32H29N7O. The van der Waals surface area contributed by atoms with E-state index in [9.17, 15) is 4.79 Å². The van der Waals surface area contributed by atoms with Crippen molar-refractivity contribution < 1.29 is 4.79 Å². The molecule has 5 heterocycles. The third-order valence-corrected chi connectivity index (χ3v) is 7.57. The first kappa shape index (κ1) is 24.1. The Hall–Kier alpha value is -4.98. The molecule has 0 radical (unpaired) electrons. The Balaban J connectivity index is 1.19. The van der Waals surface area contributed by atoms with Crippen molar-refractivity contribution in [3.8, 4) is 22.6 Å². The summed E-state index contributed by atoms with van der Waals surface area (Å²) in [7, 11) is 0. The van der Waals surface area contributed by atoms with Gasteiger partial charge in [0.15, 0.2) is 0 Å². The third-order valence-electron chi connectivity index (χ3n) is 7.57. The summed E-state index contributed by atoms with van der Waals surface area (Å²) in [6.45, 7) is 2.19. The van der Waals surface area contributed by atoms with E-state index in [2.05, 4.69) is 59.6 Å². The molecule has 0 aliphatic carbocycles. The number of aromatic amines is 2. The molecule has 0 saturated carbocycles. The Morgan fingerprint density at radius 3 is 2.62 bits per heavy atom. The van der Waals surface area contributed by atoms with E-state index in [1.807, 2.05) is 42.5 Å². The summed E-state index contributed by atoms with van der Waals surface area (Å²) >= 11 is 0. The van der Waals surface area contributed by atoms with Crippen LogP contribution in [0.25, 0.3) is 44.5 Å². The fourth-order valence-corrected chi connectivity index (χ4v) is 5.59. The number of nitrogens with zero attached hydrogens (tertiary/aromatic N) is 4. The molecule has 198 valence electrons. The van der Waals surface area contributed by atoms with Gasteiger partial charge in [-0.25, -0.2) is 0 Å². The number of hydrogen-bond acceptors (Lipinski definition) is 5. The zero-order chi connectivity index (χ0) is 26.9. The van der Waals surface area contributed by atoms with E-state index >= 15 is 0 Å². The predicted octanol–water partition coefficient (Wildman–Crippen LogP) is 6.34. The lowest BCUT2D eigenvalue weighted by molar-refractivity contribution is -0.115. The quantitative estimate of drug-likeness (QED) is 0.235. The molecule has 8 heteroatoms. The first-order chi connectivity index (χ1) is 19.7. The summed E-state index contributed by atoms with van der Waals surface area (Å²) < 4.78 is 0. The Morgan fingerprint density at radius 2 is 1.75 bits per heavy atom. The molecule has 1 aliphatic rings. The lowest BCUT2D eigenvalue weighted by Gasteiger charge is -2.29. The van der Waals surface area contributed by atoms with Gasteiger partial charge in [-0.05, 0) is 55.2 Å². The van der Waals surface area contributed by atoms with Crippen LogP contribution in [0.5, 0.6) is 0 Å². The van der Waals surface area contributed by atoms with Crippen LogP contribution in [0.15, 0.2) is 85.3 Å². The Kier molecular flexibility index (Phi) is 6.20. The number of aromatic nitrogens is 5. The Labute approximate surface area is 231 Å². The van der Waals surface area contributed by atoms with E-state index in [-0.39, 0.29) is 5.91 Å². The number of piperidine rings is 1. The molecule has 40 heavy (non-hydrogen) atoms. The van der Waals surface area contributed by atoms with Crippen LogP contribution in [0.3, 0.4) is 0 Å². The van der Waals surface area contributed by atoms with Gasteiger partial charge in [-0.3, -0.25) is 19.9 Å². The minimum absolute atomic E-state index is 0.0894. The zero-order valence-electron chi connectivity index (χ0n) is 22.0. The van der Waals surface area contributed by atoms with Gasteiger partial charge in [0.05, 0.1) is 41.4 Å². The molecule has 6 aromatic rings. The maximum absolute atomic E-state index is 12.6. The highest BCUT2D eigenvalue weighted by atomic mass is 16.1. The molecule has 2 aromatic carbocycles. The molecule has 7 rings (SSSR count). The van der Waals surface area contributed by atoms with Crippen LogP contribution in [0.4, 0.5) is 11.4 Å². The van der Waals surface area contributed by atoms with Crippen molar-refractivity contribution in [2.24, 2.45) is 0 Å². The number of rotatable bonds is 6. The SMILES string of the molecule is O=C(Cc1ccccc1)Nc1cncc(-c2cc3c(-c4cc5c(N6CCCCC6)cccc5[nH]4)n[nH]c3cn2)c1. The topological polar surface area (TPSA) is 103 Å². The highest BCUT2D eigenvalue weighted by Gasteiger charge is 2.18. The van der Waals surface area contributed by atoms with E-state index in [4.69, 9.17) is 0 Å². The first-order valence-corrected chi connectivity index (χ1v) is 13.7. The predicted molar refractivity (Wildman–Crippen MR) is 159 cm³/mol. The average molecular weight is 528 g/mol. The van der Waals surface area contributed by atoms with Crippen molar-refractivity contribution in [3.05, 3.63) is 90.9 Å². The number of carbonyl (C=O) groups excluding carboxylic acids is 1. The maximum atomic E-state index is 12.6.